The molecule has 1 aliphatic heterocycles. The van der Waals surface area contributed by atoms with E-state index in [1.807, 2.05) is 31.2 Å². The van der Waals surface area contributed by atoms with E-state index in [9.17, 15) is 13.2 Å². The fraction of sp³-hybridized carbons (Fsp3) is 0.348. The topological polar surface area (TPSA) is 86.7 Å². The van der Waals surface area contributed by atoms with E-state index in [2.05, 4.69) is 36.4 Å². The Morgan fingerprint density at radius 1 is 1.07 bits per heavy atom. The molecule has 0 aromatic heterocycles. The van der Waals surface area contributed by atoms with Crippen LogP contribution in [0.1, 0.15) is 38.2 Å². The first-order chi connectivity index (χ1) is 14.5. The molecule has 7 heteroatoms. The van der Waals surface area contributed by atoms with E-state index in [-0.39, 0.29) is 13.0 Å². The molecule has 0 bridgehead atoms. The monoisotopic (exact) mass is 428 g/mol. The van der Waals surface area contributed by atoms with Crippen molar-refractivity contribution in [2.75, 3.05) is 13.1 Å². The van der Waals surface area contributed by atoms with Crippen LogP contribution in [0.3, 0.4) is 0 Å². The van der Waals surface area contributed by atoms with Crippen molar-refractivity contribution in [3.05, 3.63) is 66.2 Å². The van der Waals surface area contributed by atoms with Gasteiger partial charge in [0, 0.05) is 13.1 Å². The molecule has 160 valence electrons. The molecular formula is C23H28N2O4S. The standard InChI is InChI=1S/C23H28N2O4S/c1-2-3-9-22(23(26)24-27)30(28,29)25-16-14-21(15-17-25)20-12-10-19(11-13-20)18-7-5-4-6-8-18/h4-8,10-14,22,27H,2-3,9,15-17H2,1H3,(H,24,26)/t22-/m1/s1. The molecule has 2 N–H and O–H groups in total. The van der Waals surface area contributed by atoms with Gasteiger partial charge in [0.15, 0.2) is 5.25 Å². The number of benzene rings is 2. The lowest BCUT2D eigenvalue weighted by Gasteiger charge is -2.29. The molecule has 0 unspecified atom stereocenters. The van der Waals surface area contributed by atoms with Crippen molar-refractivity contribution in [3.63, 3.8) is 0 Å². The predicted octanol–water partition coefficient (Wildman–Crippen LogP) is 3.84. The number of amides is 1. The molecule has 2 aromatic rings. The Morgan fingerprint density at radius 3 is 2.27 bits per heavy atom. The first-order valence-electron chi connectivity index (χ1n) is 10.2. The Morgan fingerprint density at radius 2 is 1.70 bits per heavy atom. The summed E-state index contributed by atoms with van der Waals surface area (Å²) in [4.78, 5) is 12.0. The highest BCUT2D eigenvalue weighted by Crippen LogP contribution is 2.28. The van der Waals surface area contributed by atoms with Gasteiger partial charge in [-0.3, -0.25) is 10.0 Å². The van der Waals surface area contributed by atoms with Crippen molar-refractivity contribution in [2.24, 2.45) is 0 Å². The fourth-order valence-corrected chi connectivity index (χ4v) is 5.48. The van der Waals surface area contributed by atoms with E-state index in [0.717, 1.165) is 28.7 Å². The molecule has 1 aliphatic rings. The average Bonchev–Trinajstić information content (AvgIpc) is 2.80. The third kappa shape index (κ3) is 4.98. The van der Waals surface area contributed by atoms with E-state index in [1.54, 1.807) is 0 Å². The summed E-state index contributed by atoms with van der Waals surface area (Å²) in [6.45, 7) is 2.47. The summed E-state index contributed by atoms with van der Waals surface area (Å²) >= 11 is 0. The van der Waals surface area contributed by atoms with Gasteiger partial charge in [-0.15, -0.1) is 0 Å². The minimum atomic E-state index is -3.84. The number of hydrogen-bond donors (Lipinski definition) is 2. The van der Waals surface area contributed by atoms with Crippen molar-refractivity contribution >= 4 is 21.5 Å². The van der Waals surface area contributed by atoms with Crippen molar-refractivity contribution in [1.29, 1.82) is 0 Å². The van der Waals surface area contributed by atoms with Gasteiger partial charge in [-0.05, 0) is 35.1 Å². The van der Waals surface area contributed by atoms with Crippen LogP contribution in [0.2, 0.25) is 0 Å². The summed E-state index contributed by atoms with van der Waals surface area (Å²) in [6.07, 6.45) is 4.05. The number of carbonyl (C=O) groups excluding carboxylic acids is 1. The molecule has 1 amide bonds. The van der Waals surface area contributed by atoms with Gasteiger partial charge in [0.1, 0.15) is 0 Å². The van der Waals surface area contributed by atoms with Gasteiger partial charge in [-0.1, -0.05) is 80.4 Å². The normalized spacial score (nSPS) is 16.0. The third-order valence-electron chi connectivity index (χ3n) is 5.48. The van der Waals surface area contributed by atoms with Crippen LogP contribution in [0.25, 0.3) is 16.7 Å². The number of nitrogens with zero attached hydrogens (tertiary/aromatic N) is 1. The largest absolute Gasteiger partial charge is 0.289 e. The molecule has 0 radical (unpaired) electrons. The summed E-state index contributed by atoms with van der Waals surface area (Å²) in [5, 5.41) is 7.71. The van der Waals surface area contributed by atoms with Crippen molar-refractivity contribution < 1.29 is 18.4 Å². The highest BCUT2D eigenvalue weighted by Gasteiger charge is 2.37. The van der Waals surface area contributed by atoms with Gasteiger partial charge in [-0.2, -0.15) is 4.31 Å². The maximum atomic E-state index is 13.0. The van der Waals surface area contributed by atoms with E-state index < -0.39 is 21.2 Å². The number of carbonyl (C=O) groups is 1. The SMILES string of the molecule is CCCC[C@H](C(=O)NO)S(=O)(=O)N1CC=C(c2ccc(-c3ccccc3)cc2)CC1. The Labute approximate surface area is 178 Å². The summed E-state index contributed by atoms with van der Waals surface area (Å²) in [6, 6.07) is 18.4. The first kappa shape index (κ1) is 22.2. The number of sulfonamides is 1. The van der Waals surface area contributed by atoms with Gasteiger partial charge >= 0.3 is 0 Å². The quantitative estimate of drug-likeness (QED) is 0.494. The molecule has 6 nitrogen and oxygen atoms in total. The summed E-state index contributed by atoms with van der Waals surface area (Å²) in [5.74, 6) is -0.866. The molecule has 0 saturated carbocycles. The zero-order valence-corrected chi connectivity index (χ0v) is 17.9. The maximum absolute atomic E-state index is 13.0. The lowest BCUT2D eigenvalue weighted by molar-refractivity contribution is -0.128. The van der Waals surface area contributed by atoms with E-state index in [0.29, 0.717) is 19.4 Å². The first-order valence-corrected chi connectivity index (χ1v) is 11.8. The molecule has 1 atom stereocenters. The number of hydrogen-bond acceptors (Lipinski definition) is 4. The molecule has 0 fully saturated rings. The van der Waals surface area contributed by atoms with Crippen LogP contribution in [0.5, 0.6) is 0 Å². The number of nitrogens with one attached hydrogen (secondary N) is 1. The van der Waals surface area contributed by atoms with Crippen LogP contribution in [0.15, 0.2) is 60.7 Å². The van der Waals surface area contributed by atoms with Crippen LogP contribution in [0.4, 0.5) is 0 Å². The highest BCUT2D eigenvalue weighted by molar-refractivity contribution is 7.90. The fourth-order valence-electron chi connectivity index (χ4n) is 3.71. The van der Waals surface area contributed by atoms with Crippen molar-refractivity contribution in [3.8, 4) is 11.1 Å². The van der Waals surface area contributed by atoms with Gasteiger partial charge in [-0.25, -0.2) is 13.9 Å². The van der Waals surface area contributed by atoms with Gasteiger partial charge in [0.05, 0.1) is 0 Å². The lowest BCUT2D eigenvalue weighted by Crippen LogP contribution is -2.47. The van der Waals surface area contributed by atoms with Crippen molar-refractivity contribution in [2.45, 2.75) is 37.9 Å². The number of rotatable bonds is 8. The van der Waals surface area contributed by atoms with Gasteiger partial charge < -0.3 is 0 Å². The second kappa shape index (κ2) is 10.0. The maximum Gasteiger partial charge on any atom is 0.263 e. The molecule has 3 rings (SSSR count). The van der Waals surface area contributed by atoms with Crippen LogP contribution in [-0.4, -0.2) is 42.2 Å². The Bertz CT molecular complexity index is 986. The van der Waals surface area contributed by atoms with Gasteiger partial charge in [0.2, 0.25) is 10.0 Å². The zero-order valence-electron chi connectivity index (χ0n) is 17.1. The highest BCUT2D eigenvalue weighted by atomic mass is 32.2. The Balaban J connectivity index is 1.73. The zero-order chi connectivity index (χ0) is 21.6. The molecule has 0 saturated heterocycles. The second-order valence-corrected chi connectivity index (χ2v) is 9.55. The second-order valence-electron chi connectivity index (χ2n) is 7.43. The van der Waals surface area contributed by atoms with Crippen LogP contribution < -0.4 is 5.48 Å². The van der Waals surface area contributed by atoms with Crippen LogP contribution in [0, 0.1) is 0 Å². The molecule has 0 aliphatic carbocycles. The van der Waals surface area contributed by atoms with E-state index >= 15 is 0 Å². The Kier molecular flexibility index (Phi) is 7.42. The van der Waals surface area contributed by atoms with Crippen molar-refractivity contribution in [1.82, 2.24) is 9.79 Å². The van der Waals surface area contributed by atoms with Crippen LogP contribution in [-0.2, 0) is 14.8 Å². The molecule has 2 aromatic carbocycles. The molecule has 30 heavy (non-hydrogen) atoms. The van der Waals surface area contributed by atoms with Gasteiger partial charge in [0.25, 0.3) is 5.91 Å². The predicted molar refractivity (Wildman–Crippen MR) is 118 cm³/mol. The summed E-state index contributed by atoms with van der Waals surface area (Å²) < 4.78 is 27.3. The van der Waals surface area contributed by atoms with E-state index in [1.165, 1.54) is 9.79 Å². The summed E-state index contributed by atoms with van der Waals surface area (Å²) in [7, 11) is -3.84. The summed E-state index contributed by atoms with van der Waals surface area (Å²) in [5.41, 5.74) is 5.96. The smallest absolute Gasteiger partial charge is 0.263 e. The molecule has 1 heterocycles. The molecule has 0 spiro atoms. The molecular weight excluding hydrogens is 400 g/mol. The average molecular weight is 429 g/mol. The Hall–Kier alpha value is -2.48. The number of unbranched alkanes of at least 4 members (excludes halogenated alkanes) is 1. The minimum Gasteiger partial charge on any atom is -0.289 e. The van der Waals surface area contributed by atoms with Crippen LogP contribution >= 0.6 is 0 Å². The minimum absolute atomic E-state index is 0.194. The number of hydroxylamine groups is 1. The lowest BCUT2D eigenvalue weighted by atomic mass is 9.97. The third-order valence-corrected chi connectivity index (χ3v) is 7.70. The van der Waals surface area contributed by atoms with E-state index in [4.69, 9.17) is 5.21 Å².